The second-order valence-corrected chi connectivity index (χ2v) is 5.42. The molecule has 5 heteroatoms. The lowest BCUT2D eigenvalue weighted by molar-refractivity contribution is 0.516. The smallest absolute Gasteiger partial charge is 0.348 e. The molecule has 3 aromatic rings. The lowest BCUT2D eigenvalue weighted by atomic mass is 10.0. The van der Waals surface area contributed by atoms with E-state index in [1.165, 1.54) is 5.56 Å². The van der Waals surface area contributed by atoms with Gasteiger partial charge in [-0.1, -0.05) is 36.4 Å². The molecule has 0 aliphatic rings. The Labute approximate surface area is 134 Å². The van der Waals surface area contributed by atoms with Crippen LogP contribution in [0, 0.1) is 6.92 Å². The van der Waals surface area contributed by atoms with Gasteiger partial charge in [-0.2, -0.15) is 4.98 Å². The van der Waals surface area contributed by atoms with Crippen molar-refractivity contribution in [3.05, 3.63) is 69.6 Å². The van der Waals surface area contributed by atoms with Gasteiger partial charge in [-0.05, 0) is 36.1 Å². The van der Waals surface area contributed by atoms with Crippen LogP contribution in [0.3, 0.4) is 0 Å². The van der Waals surface area contributed by atoms with Crippen LogP contribution in [0.25, 0.3) is 10.9 Å². The van der Waals surface area contributed by atoms with Crippen molar-refractivity contribution < 1.29 is 4.42 Å². The predicted octanol–water partition coefficient (Wildman–Crippen LogP) is 2.61. The number of hydrogen-bond donors (Lipinski definition) is 2. The Morgan fingerprint density at radius 1 is 1.17 bits per heavy atom. The number of hydrogen-bond acceptors (Lipinski definition) is 5. The number of nitrogens with one attached hydrogen (secondary N) is 1. The van der Waals surface area contributed by atoms with E-state index in [1.54, 1.807) is 0 Å². The summed E-state index contributed by atoms with van der Waals surface area (Å²) in [5, 5.41) is 3.57. The first-order chi connectivity index (χ1) is 11.2. The van der Waals surface area contributed by atoms with Gasteiger partial charge in [0.1, 0.15) is 0 Å². The van der Waals surface area contributed by atoms with E-state index in [9.17, 15) is 4.79 Å². The lowest BCUT2D eigenvalue weighted by Crippen LogP contribution is -2.12. The molecule has 0 spiro atoms. The van der Waals surface area contributed by atoms with E-state index < -0.39 is 0 Å². The summed E-state index contributed by atoms with van der Waals surface area (Å²) >= 11 is 0. The number of rotatable bonds is 5. The highest BCUT2D eigenvalue weighted by Gasteiger charge is 2.11. The number of nitrogens with two attached hydrogens (primary N) is 1. The third-order valence-corrected chi connectivity index (χ3v) is 3.92. The van der Waals surface area contributed by atoms with Crippen molar-refractivity contribution in [1.82, 2.24) is 4.98 Å². The first-order valence-corrected chi connectivity index (χ1v) is 7.60. The summed E-state index contributed by atoms with van der Waals surface area (Å²) in [6, 6.07) is 14.1. The molecule has 0 saturated heterocycles. The van der Waals surface area contributed by atoms with Gasteiger partial charge in [0.05, 0.1) is 10.9 Å². The maximum Gasteiger partial charge on any atom is 0.348 e. The highest BCUT2D eigenvalue weighted by atomic mass is 16.4. The molecule has 23 heavy (non-hydrogen) atoms. The quantitative estimate of drug-likeness (QED) is 0.757. The fraction of sp³-hybridized carbons (Fsp3) is 0.222. The Morgan fingerprint density at radius 2 is 1.96 bits per heavy atom. The number of aryl methyl sites for hydroxylation is 1. The zero-order valence-electron chi connectivity index (χ0n) is 13.0. The van der Waals surface area contributed by atoms with Gasteiger partial charge in [0, 0.05) is 13.1 Å². The molecule has 0 aliphatic carbocycles. The fourth-order valence-electron chi connectivity index (χ4n) is 2.62. The number of aromatic nitrogens is 1. The Morgan fingerprint density at radius 3 is 2.70 bits per heavy atom. The van der Waals surface area contributed by atoms with Crippen LogP contribution in [0.4, 0.5) is 6.01 Å². The van der Waals surface area contributed by atoms with Crippen molar-refractivity contribution in [3.8, 4) is 0 Å². The van der Waals surface area contributed by atoms with Gasteiger partial charge in [-0.3, -0.25) is 0 Å². The molecule has 3 rings (SSSR count). The van der Waals surface area contributed by atoms with E-state index >= 15 is 0 Å². The number of benzene rings is 2. The second-order valence-electron chi connectivity index (χ2n) is 5.42. The van der Waals surface area contributed by atoms with E-state index in [0.29, 0.717) is 24.0 Å². The van der Waals surface area contributed by atoms with Gasteiger partial charge in [0.25, 0.3) is 6.01 Å². The normalized spacial score (nSPS) is 10.9. The van der Waals surface area contributed by atoms with E-state index in [1.807, 2.05) is 37.3 Å². The summed E-state index contributed by atoms with van der Waals surface area (Å²) in [5.74, 6) is 0. The molecule has 0 amide bonds. The highest BCUT2D eigenvalue weighted by molar-refractivity contribution is 5.82. The Hall–Kier alpha value is -2.66. The first kappa shape index (κ1) is 15.2. The summed E-state index contributed by atoms with van der Waals surface area (Å²) in [7, 11) is 0. The van der Waals surface area contributed by atoms with Crippen LogP contribution in [-0.4, -0.2) is 11.5 Å². The average Bonchev–Trinajstić information content (AvgIpc) is 2.56. The van der Waals surface area contributed by atoms with Crippen molar-refractivity contribution in [1.29, 1.82) is 0 Å². The molecular weight excluding hydrogens is 290 g/mol. The molecule has 1 heterocycles. The summed E-state index contributed by atoms with van der Waals surface area (Å²) in [4.78, 5) is 16.6. The number of nitrogens with zero attached hydrogens (tertiary/aromatic N) is 1. The standard InChI is InChI=1S/C18H19N3O2/c1-12-14(11-19)7-8-15-16(12)17(22)23-18(21-15)20-10-9-13-5-3-2-4-6-13/h2-8H,9-11,19H2,1H3,(H,20,21). The van der Waals surface area contributed by atoms with Crippen molar-refractivity contribution >= 4 is 16.9 Å². The van der Waals surface area contributed by atoms with Gasteiger partial charge in [-0.25, -0.2) is 4.79 Å². The van der Waals surface area contributed by atoms with Gasteiger partial charge >= 0.3 is 5.63 Å². The van der Waals surface area contributed by atoms with E-state index in [2.05, 4.69) is 22.4 Å². The topological polar surface area (TPSA) is 81.2 Å². The molecule has 0 atom stereocenters. The van der Waals surface area contributed by atoms with E-state index in [4.69, 9.17) is 10.2 Å². The zero-order chi connectivity index (χ0) is 16.2. The molecule has 1 aromatic heterocycles. The SMILES string of the molecule is Cc1c(CN)ccc2nc(NCCc3ccccc3)oc(=O)c12. The minimum atomic E-state index is -0.384. The van der Waals surface area contributed by atoms with Crippen LogP contribution in [0.5, 0.6) is 0 Å². The Kier molecular flexibility index (Phi) is 4.39. The molecule has 0 aliphatic heterocycles. The summed E-state index contributed by atoms with van der Waals surface area (Å²) in [6.07, 6.45) is 0.829. The molecule has 0 fully saturated rings. The van der Waals surface area contributed by atoms with Crippen molar-refractivity contribution in [2.24, 2.45) is 5.73 Å². The van der Waals surface area contributed by atoms with Crippen molar-refractivity contribution in [2.45, 2.75) is 19.9 Å². The Bertz CT molecular complexity index is 873. The molecule has 3 N–H and O–H groups in total. The largest absolute Gasteiger partial charge is 0.389 e. The van der Waals surface area contributed by atoms with Crippen molar-refractivity contribution in [2.75, 3.05) is 11.9 Å². The van der Waals surface area contributed by atoms with E-state index in [0.717, 1.165) is 17.5 Å². The van der Waals surface area contributed by atoms with Gasteiger partial charge in [0.15, 0.2) is 0 Å². The summed E-state index contributed by atoms with van der Waals surface area (Å²) < 4.78 is 5.29. The second kappa shape index (κ2) is 6.62. The number of fused-ring (bicyclic) bond motifs is 1. The molecule has 2 aromatic carbocycles. The Balaban J connectivity index is 1.81. The molecule has 0 unspecified atom stereocenters. The summed E-state index contributed by atoms with van der Waals surface area (Å²) in [5.41, 5.74) is 8.89. The average molecular weight is 309 g/mol. The van der Waals surface area contributed by atoms with Crippen molar-refractivity contribution in [3.63, 3.8) is 0 Å². The zero-order valence-corrected chi connectivity index (χ0v) is 13.0. The van der Waals surface area contributed by atoms with Crippen LogP contribution in [0.1, 0.15) is 16.7 Å². The number of anilines is 1. The molecule has 118 valence electrons. The third-order valence-electron chi connectivity index (χ3n) is 3.92. The lowest BCUT2D eigenvalue weighted by Gasteiger charge is -2.08. The van der Waals surface area contributed by atoms with Gasteiger partial charge in [0.2, 0.25) is 0 Å². The minimum Gasteiger partial charge on any atom is -0.389 e. The maximum absolute atomic E-state index is 12.2. The first-order valence-electron chi connectivity index (χ1n) is 7.60. The minimum absolute atomic E-state index is 0.248. The fourth-order valence-corrected chi connectivity index (χ4v) is 2.62. The maximum atomic E-state index is 12.2. The van der Waals surface area contributed by atoms with Crippen LogP contribution < -0.4 is 16.7 Å². The van der Waals surface area contributed by atoms with Crippen LogP contribution in [0.2, 0.25) is 0 Å². The molecule has 0 radical (unpaired) electrons. The highest BCUT2D eigenvalue weighted by Crippen LogP contribution is 2.18. The predicted molar refractivity (Wildman–Crippen MR) is 91.5 cm³/mol. The third kappa shape index (κ3) is 3.24. The molecular formula is C18H19N3O2. The monoisotopic (exact) mass is 309 g/mol. The summed E-state index contributed by atoms with van der Waals surface area (Å²) in [6.45, 7) is 2.90. The van der Waals surface area contributed by atoms with Crippen LogP contribution >= 0.6 is 0 Å². The molecule has 5 nitrogen and oxygen atoms in total. The van der Waals surface area contributed by atoms with Gasteiger partial charge < -0.3 is 15.5 Å². The van der Waals surface area contributed by atoms with Crippen LogP contribution in [-0.2, 0) is 13.0 Å². The van der Waals surface area contributed by atoms with E-state index in [-0.39, 0.29) is 11.6 Å². The molecule has 0 saturated carbocycles. The molecule has 0 bridgehead atoms. The van der Waals surface area contributed by atoms with Crippen LogP contribution in [0.15, 0.2) is 51.7 Å². The van der Waals surface area contributed by atoms with Gasteiger partial charge in [-0.15, -0.1) is 0 Å².